The number of carbonyl (C=O) groups excluding carboxylic acids is 1. The lowest BCUT2D eigenvalue weighted by atomic mass is 10.1. The fraction of sp³-hybridized carbons (Fsp3) is 0.167. The molecule has 1 rings (SSSR count). The third-order valence-corrected chi connectivity index (χ3v) is 2.33. The first-order chi connectivity index (χ1) is 8.04. The summed E-state index contributed by atoms with van der Waals surface area (Å²) in [6, 6.07) is 4.80. The standard InChI is InChI=1S/C12H11ClO4/c1-17-12(16)9-7-8(5-6-10(9)13)3-2-4-11(14)15/h2-3,5-7H,4H2,1H3,(H,14,15). The maximum Gasteiger partial charge on any atom is 0.339 e. The molecule has 0 aliphatic carbocycles. The lowest BCUT2D eigenvalue weighted by molar-refractivity contribution is -0.135. The number of carboxylic acids is 1. The van der Waals surface area contributed by atoms with Crippen molar-refractivity contribution in [1.29, 1.82) is 0 Å². The van der Waals surface area contributed by atoms with Gasteiger partial charge in [-0.1, -0.05) is 29.8 Å². The number of esters is 1. The van der Waals surface area contributed by atoms with Crippen molar-refractivity contribution in [3.63, 3.8) is 0 Å². The zero-order valence-corrected chi connectivity index (χ0v) is 9.90. The largest absolute Gasteiger partial charge is 0.481 e. The van der Waals surface area contributed by atoms with E-state index in [0.29, 0.717) is 10.6 Å². The molecule has 1 aromatic carbocycles. The highest BCUT2D eigenvalue weighted by atomic mass is 35.5. The fourth-order valence-electron chi connectivity index (χ4n) is 1.21. The van der Waals surface area contributed by atoms with Crippen LogP contribution in [0.2, 0.25) is 5.02 Å². The van der Waals surface area contributed by atoms with Gasteiger partial charge in [-0.25, -0.2) is 4.79 Å². The number of halogens is 1. The van der Waals surface area contributed by atoms with Gasteiger partial charge in [-0.05, 0) is 17.7 Å². The maximum absolute atomic E-state index is 11.3. The zero-order chi connectivity index (χ0) is 12.8. The monoisotopic (exact) mass is 254 g/mol. The van der Waals surface area contributed by atoms with Gasteiger partial charge in [0, 0.05) is 0 Å². The van der Waals surface area contributed by atoms with Gasteiger partial charge in [-0.3, -0.25) is 4.79 Å². The number of benzene rings is 1. The van der Waals surface area contributed by atoms with Gasteiger partial charge < -0.3 is 9.84 Å². The minimum absolute atomic E-state index is 0.0732. The van der Waals surface area contributed by atoms with Crippen LogP contribution in [0.1, 0.15) is 22.3 Å². The highest BCUT2D eigenvalue weighted by molar-refractivity contribution is 6.33. The summed E-state index contributed by atoms with van der Waals surface area (Å²) >= 11 is 5.84. The van der Waals surface area contributed by atoms with Gasteiger partial charge in [0.2, 0.25) is 0 Å². The Balaban J connectivity index is 2.92. The van der Waals surface area contributed by atoms with Crippen molar-refractivity contribution < 1.29 is 19.4 Å². The van der Waals surface area contributed by atoms with E-state index >= 15 is 0 Å². The molecule has 0 radical (unpaired) electrons. The van der Waals surface area contributed by atoms with Crippen molar-refractivity contribution in [2.75, 3.05) is 7.11 Å². The highest BCUT2D eigenvalue weighted by Crippen LogP contribution is 2.19. The van der Waals surface area contributed by atoms with Crippen LogP contribution in [0.4, 0.5) is 0 Å². The minimum atomic E-state index is -0.914. The van der Waals surface area contributed by atoms with E-state index in [1.165, 1.54) is 13.2 Å². The second-order valence-corrected chi connectivity index (χ2v) is 3.64. The number of aliphatic carboxylic acids is 1. The fourth-order valence-corrected chi connectivity index (χ4v) is 1.40. The molecule has 0 aliphatic heterocycles. The predicted octanol–water partition coefficient (Wildman–Crippen LogP) is 2.61. The van der Waals surface area contributed by atoms with Gasteiger partial charge in [-0.15, -0.1) is 0 Å². The molecule has 0 aliphatic rings. The lowest BCUT2D eigenvalue weighted by Crippen LogP contribution is -2.02. The van der Waals surface area contributed by atoms with Gasteiger partial charge >= 0.3 is 11.9 Å². The number of methoxy groups -OCH3 is 1. The Morgan fingerprint density at radius 3 is 2.76 bits per heavy atom. The molecule has 1 N–H and O–H groups in total. The third-order valence-electron chi connectivity index (χ3n) is 2.00. The van der Waals surface area contributed by atoms with Crippen molar-refractivity contribution >= 4 is 29.6 Å². The average Bonchev–Trinajstić information content (AvgIpc) is 2.30. The van der Waals surface area contributed by atoms with Crippen LogP contribution in [0.3, 0.4) is 0 Å². The van der Waals surface area contributed by atoms with Crippen LogP contribution in [-0.2, 0) is 9.53 Å². The summed E-state index contributed by atoms with van der Waals surface area (Å²) in [6.07, 6.45) is 3.03. The van der Waals surface area contributed by atoms with E-state index in [9.17, 15) is 9.59 Å². The molecule has 0 saturated carbocycles. The summed E-state index contributed by atoms with van der Waals surface area (Å²) in [7, 11) is 1.27. The molecule has 0 spiro atoms. The zero-order valence-electron chi connectivity index (χ0n) is 9.14. The molecule has 0 bridgehead atoms. The Morgan fingerprint density at radius 1 is 1.47 bits per heavy atom. The van der Waals surface area contributed by atoms with E-state index in [0.717, 1.165) is 0 Å². The molecule has 4 nitrogen and oxygen atoms in total. The molecule has 0 atom stereocenters. The molecule has 0 unspecified atom stereocenters. The topological polar surface area (TPSA) is 63.6 Å². The van der Waals surface area contributed by atoms with Crippen molar-refractivity contribution in [3.05, 3.63) is 40.4 Å². The first-order valence-corrected chi connectivity index (χ1v) is 5.18. The Morgan fingerprint density at radius 2 is 2.18 bits per heavy atom. The number of carbonyl (C=O) groups is 2. The summed E-state index contributed by atoms with van der Waals surface area (Å²) in [5, 5.41) is 8.77. The molecule has 0 saturated heterocycles. The number of hydrogen-bond donors (Lipinski definition) is 1. The average molecular weight is 255 g/mol. The minimum Gasteiger partial charge on any atom is -0.481 e. The van der Waals surface area contributed by atoms with Crippen molar-refractivity contribution in [2.45, 2.75) is 6.42 Å². The van der Waals surface area contributed by atoms with Crippen molar-refractivity contribution in [3.8, 4) is 0 Å². The van der Waals surface area contributed by atoms with E-state index in [1.807, 2.05) is 0 Å². The molecule has 90 valence electrons. The Labute approximate surface area is 103 Å². The maximum atomic E-state index is 11.3. The lowest BCUT2D eigenvalue weighted by Gasteiger charge is -2.03. The molecule has 5 heteroatoms. The van der Waals surface area contributed by atoms with Crippen LogP contribution in [0, 0.1) is 0 Å². The van der Waals surface area contributed by atoms with Gasteiger partial charge in [0.05, 0.1) is 24.1 Å². The first kappa shape index (κ1) is 13.3. The number of hydrogen-bond acceptors (Lipinski definition) is 3. The van der Waals surface area contributed by atoms with Crippen LogP contribution in [0.25, 0.3) is 6.08 Å². The summed E-state index contributed by atoms with van der Waals surface area (Å²) in [4.78, 5) is 21.7. The van der Waals surface area contributed by atoms with Crippen molar-refractivity contribution in [2.24, 2.45) is 0 Å². The van der Waals surface area contributed by atoms with Crippen LogP contribution >= 0.6 is 11.6 Å². The van der Waals surface area contributed by atoms with Gasteiger partial charge in [0.25, 0.3) is 0 Å². The molecule has 0 aromatic heterocycles. The molecule has 0 heterocycles. The predicted molar refractivity (Wildman–Crippen MR) is 64.1 cm³/mol. The van der Waals surface area contributed by atoms with E-state index in [4.69, 9.17) is 16.7 Å². The van der Waals surface area contributed by atoms with Crippen LogP contribution in [0.15, 0.2) is 24.3 Å². The van der Waals surface area contributed by atoms with E-state index in [1.54, 1.807) is 24.3 Å². The summed E-state index contributed by atoms with van der Waals surface area (Å²) in [6.45, 7) is 0. The van der Waals surface area contributed by atoms with Crippen LogP contribution < -0.4 is 0 Å². The first-order valence-electron chi connectivity index (χ1n) is 4.81. The van der Waals surface area contributed by atoms with Crippen LogP contribution in [-0.4, -0.2) is 24.2 Å². The molecular formula is C12H11ClO4. The van der Waals surface area contributed by atoms with E-state index in [-0.39, 0.29) is 12.0 Å². The Kier molecular flexibility index (Phi) is 4.72. The Hall–Kier alpha value is -1.81. The van der Waals surface area contributed by atoms with Gasteiger partial charge in [0.15, 0.2) is 0 Å². The second-order valence-electron chi connectivity index (χ2n) is 3.23. The normalized spacial score (nSPS) is 10.5. The van der Waals surface area contributed by atoms with Gasteiger partial charge in [0.1, 0.15) is 0 Å². The van der Waals surface area contributed by atoms with Gasteiger partial charge in [-0.2, -0.15) is 0 Å². The summed E-state index contributed by atoms with van der Waals surface area (Å²) in [5.74, 6) is -1.44. The SMILES string of the molecule is COC(=O)c1cc(C=CCC(=O)O)ccc1Cl. The molecule has 1 aromatic rings. The molecule has 17 heavy (non-hydrogen) atoms. The quantitative estimate of drug-likeness (QED) is 0.839. The molecular weight excluding hydrogens is 244 g/mol. The third kappa shape index (κ3) is 3.92. The van der Waals surface area contributed by atoms with Crippen LogP contribution in [0.5, 0.6) is 0 Å². The second kappa shape index (κ2) is 6.06. The highest BCUT2D eigenvalue weighted by Gasteiger charge is 2.10. The molecule has 0 amide bonds. The summed E-state index contributed by atoms with van der Waals surface area (Å²) < 4.78 is 4.57. The van der Waals surface area contributed by atoms with Crippen molar-refractivity contribution in [1.82, 2.24) is 0 Å². The van der Waals surface area contributed by atoms with E-state index < -0.39 is 11.9 Å². The number of rotatable bonds is 4. The number of carboxylic acid groups (broad SMARTS) is 1. The summed E-state index contributed by atoms with van der Waals surface area (Å²) in [5.41, 5.74) is 0.947. The smallest absolute Gasteiger partial charge is 0.339 e. The molecule has 0 fully saturated rings. The number of ether oxygens (including phenoxy) is 1. The van der Waals surface area contributed by atoms with E-state index in [2.05, 4.69) is 4.74 Å². The Bertz CT molecular complexity index is 466.